The van der Waals surface area contributed by atoms with E-state index in [0.717, 1.165) is 19.4 Å². The summed E-state index contributed by atoms with van der Waals surface area (Å²) in [5.74, 6) is -0.0884. The molecule has 0 aliphatic heterocycles. The summed E-state index contributed by atoms with van der Waals surface area (Å²) in [6.07, 6.45) is 7.28. The number of rotatable bonds is 11. The predicted octanol–water partition coefficient (Wildman–Crippen LogP) is 1.17. The van der Waals surface area contributed by atoms with Crippen molar-refractivity contribution in [1.29, 1.82) is 0 Å². The lowest BCUT2D eigenvalue weighted by Gasteiger charge is -2.28. The molecule has 0 radical (unpaired) electrons. The second-order valence-electron chi connectivity index (χ2n) is 6.73. The highest BCUT2D eigenvalue weighted by molar-refractivity contribution is 5.70. The topological polar surface area (TPSA) is 26.3 Å². The summed E-state index contributed by atoms with van der Waals surface area (Å²) in [6, 6.07) is 10.3. The van der Waals surface area contributed by atoms with Crippen molar-refractivity contribution in [2.24, 2.45) is 0 Å². The fourth-order valence-corrected chi connectivity index (χ4v) is 2.60. The molecule has 0 N–H and O–H groups in total. The molecule has 0 saturated carbocycles. The van der Waals surface area contributed by atoms with Crippen molar-refractivity contribution in [2.75, 3.05) is 27.2 Å². The molecule has 0 aliphatic rings. The van der Waals surface area contributed by atoms with Gasteiger partial charge in [0, 0.05) is 5.56 Å². The molecule has 0 saturated heterocycles. The fraction of sp³-hybridized carbons (Fsp3) is 0.632. The SMILES string of the molecule is CCCCCCCCOC(=O)C[N+](C)(C)Cc1ccccc1.[Br-]. The van der Waals surface area contributed by atoms with E-state index in [0.29, 0.717) is 17.6 Å². The molecule has 0 amide bonds. The number of hydrogen-bond donors (Lipinski definition) is 0. The Morgan fingerprint density at radius 3 is 2.26 bits per heavy atom. The molecule has 132 valence electrons. The van der Waals surface area contributed by atoms with Gasteiger partial charge in [-0.25, -0.2) is 4.79 Å². The summed E-state index contributed by atoms with van der Waals surface area (Å²) < 4.78 is 5.99. The number of carbonyl (C=O) groups is 1. The predicted molar refractivity (Wildman–Crippen MR) is 91.5 cm³/mol. The van der Waals surface area contributed by atoms with Gasteiger partial charge < -0.3 is 26.2 Å². The van der Waals surface area contributed by atoms with Crippen molar-refractivity contribution in [3.05, 3.63) is 35.9 Å². The van der Waals surface area contributed by atoms with Crippen molar-refractivity contribution < 1.29 is 31.0 Å². The van der Waals surface area contributed by atoms with E-state index >= 15 is 0 Å². The maximum Gasteiger partial charge on any atom is 0.361 e. The minimum Gasteiger partial charge on any atom is -1.00 e. The zero-order chi connectivity index (χ0) is 16.3. The average Bonchev–Trinajstić information content (AvgIpc) is 2.46. The van der Waals surface area contributed by atoms with Crippen LogP contribution in [-0.4, -0.2) is 37.7 Å². The van der Waals surface area contributed by atoms with E-state index in [-0.39, 0.29) is 23.0 Å². The van der Waals surface area contributed by atoms with Crippen LogP contribution in [0.25, 0.3) is 0 Å². The Bertz CT molecular complexity index is 421. The quantitative estimate of drug-likeness (QED) is 0.324. The van der Waals surface area contributed by atoms with Gasteiger partial charge in [-0.05, 0) is 6.42 Å². The normalized spacial score (nSPS) is 10.9. The van der Waals surface area contributed by atoms with Crippen molar-refractivity contribution in [3.8, 4) is 0 Å². The molecule has 0 heterocycles. The number of hydrogen-bond acceptors (Lipinski definition) is 2. The molecule has 0 unspecified atom stereocenters. The Hall–Kier alpha value is -0.870. The summed E-state index contributed by atoms with van der Waals surface area (Å²) in [5.41, 5.74) is 1.25. The zero-order valence-electron chi connectivity index (χ0n) is 14.9. The second kappa shape index (κ2) is 12.5. The van der Waals surface area contributed by atoms with E-state index in [1.165, 1.54) is 31.2 Å². The number of unbranched alkanes of at least 4 members (excludes halogenated alkanes) is 5. The van der Waals surface area contributed by atoms with Crippen LogP contribution >= 0.6 is 0 Å². The molecule has 0 aromatic heterocycles. The molecule has 0 fully saturated rings. The van der Waals surface area contributed by atoms with E-state index < -0.39 is 0 Å². The van der Waals surface area contributed by atoms with E-state index in [9.17, 15) is 4.79 Å². The van der Waals surface area contributed by atoms with Crippen LogP contribution in [0.4, 0.5) is 0 Å². The molecular formula is C19H32BrNO2. The molecule has 0 atom stereocenters. The largest absolute Gasteiger partial charge is 1.00 e. The van der Waals surface area contributed by atoms with Crippen LogP contribution < -0.4 is 17.0 Å². The second-order valence-corrected chi connectivity index (χ2v) is 6.73. The molecule has 23 heavy (non-hydrogen) atoms. The summed E-state index contributed by atoms with van der Waals surface area (Å²) in [6.45, 7) is 4.05. The highest BCUT2D eigenvalue weighted by Crippen LogP contribution is 2.09. The Labute approximate surface area is 152 Å². The number of likely N-dealkylation sites (N-methyl/N-ethyl adjacent to an activating group) is 1. The van der Waals surface area contributed by atoms with Gasteiger partial charge in [-0.1, -0.05) is 69.4 Å². The van der Waals surface area contributed by atoms with Gasteiger partial charge in [-0.2, -0.15) is 0 Å². The molecular weight excluding hydrogens is 354 g/mol. The van der Waals surface area contributed by atoms with Crippen LogP contribution in [0.2, 0.25) is 0 Å². The van der Waals surface area contributed by atoms with Gasteiger partial charge in [-0.15, -0.1) is 0 Å². The van der Waals surface area contributed by atoms with Gasteiger partial charge in [0.2, 0.25) is 0 Å². The summed E-state index contributed by atoms with van der Waals surface area (Å²) in [4.78, 5) is 11.9. The van der Waals surface area contributed by atoms with Crippen LogP contribution in [0, 0.1) is 0 Å². The monoisotopic (exact) mass is 385 g/mol. The van der Waals surface area contributed by atoms with Gasteiger partial charge in [0.15, 0.2) is 6.54 Å². The van der Waals surface area contributed by atoms with Crippen LogP contribution in [0.3, 0.4) is 0 Å². The van der Waals surface area contributed by atoms with Crippen LogP contribution in [0.1, 0.15) is 51.0 Å². The number of halogens is 1. The van der Waals surface area contributed by atoms with Crippen molar-refractivity contribution in [2.45, 2.75) is 52.0 Å². The number of nitrogens with zero attached hydrogens (tertiary/aromatic N) is 1. The molecule has 3 nitrogen and oxygen atoms in total. The van der Waals surface area contributed by atoms with Gasteiger partial charge in [0.05, 0.1) is 20.7 Å². The smallest absolute Gasteiger partial charge is 0.361 e. The lowest BCUT2D eigenvalue weighted by atomic mass is 10.1. The minimum absolute atomic E-state index is 0. The molecule has 1 aromatic rings. The van der Waals surface area contributed by atoms with Crippen LogP contribution in [0.15, 0.2) is 30.3 Å². The Morgan fingerprint density at radius 2 is 1.61 bits per heavy atom. The lowest BCUT2D eigenvalue weighted by Crippen LogP contribution is -3.00. The first-order valence-electron chi connectivity index (χ1n) is 8.55. The van der Waals surface area contributed by atoms with Crippen LogP contribution in [-0.2, 0) is 16.1 Å². The summed E-state index contributed by atoms with van der Waals surface area (Å²) in [5, 5.41) is 0. The first-order chi connectivity index (χ1) is 10.5. The average molecular weight is 386 g/mol. The summed E-state index contributed by atoms with van der Waals surface area (Å²) >= 11 is 0. The standard InChI is InChI=1S/C19H32NO2.BrH/c1-4-5-6-7-8-12-15-22-19(21)17-20(2,3)16-18-13-10-9-11-14-18;/h9-11,13-14H,4-8,12,15-17H2,1-3H3;1H/q+1;/p-1. The molecule has 0 bridgehead atoms. The first kappa shape index (κ1) is 22.1. The number of esters is 1. The number of quaternary nitrogens is 1. The van der Waals surface area contributed by atoms with Gasteiger partial charge in [0.25, 0.3) is 0 Å². The highest BCUT2D eigenvalue weighted by atomic mass is 79.9. The maximum absolute atomic E-state index is 11.9. The van der Waals surface area contributed by atoms with E-state index in [2.05, 4.69) is 33.2 Å². The van der Waals surface area contributed by atoms with Crippen molar-refractivity contribution >= 4 is 5.97 Å². The fourth-order valence-electron chi connectivity index (χ4n) is 2.60. The number of ether oxygens (including phenoxy) is 1. The van der Waals surface area contributed by atoms with E-state index in [4.69, 9.17) is 4.74 Å². The molecule has 0 aliphatic carbocycles. The molecule has 1 aromatic carbocycles. The van der Waals surface area contributed by atoms with Crippen molar-refractivity contribution in [1.82, 2.24) is 0 Å². The van der Waals surface area contributed by atoms with Gasteiger partial charge >= 0.3 is 5.97 Å². The molecule has 1 rings (SSSR count). The Balaban J connectivity index is 0.00000484. The third-order valence-corrected chi connectivity index (χ3v) is 3.77. The third kappa shape index (κ3) is 11.3. The first-order valence-corrected chi connectivity index (χ1v) is 8.55. The number of carbonyl (C=O) groups excluding carboxylic acids is 1. The highest BCUT2D eigenvalue weighted by Gasteiger charge is 2.21. The van der Waals surface area contributed by atoms with E-state index in [1.807, 2.05) is 18.2 Å². The summed E-state index contributed by atoms with van der Waals surface area (Å²) in [7, 11) is 4.14. The Kier molecular flexibility index (Phi) is 12.1. The zero-order valence-corrected chi connectivity index (χ0v) is 16.5. The lowest BCUT2D eigenvalue weighted by molar-refractivity contribution is -0.896. The van der Waals surface area contributed by atoms with Gasteiger partial charge in [-0.3, -0.25) is 0 Å². The number of benzene rings is 1. The van der Waals surface area contributed by atoms with E-state index in [1.54, 1.807) is 0 Å². The van der Waals surface area contributed by atoms with Crippen LogP contribution in [0.5, 0.6) is 0 Å². The van der Waals surface area contributed by atoms with Gasteiger partial charge in [0.1, 0.15) is 6.54 Å². The molecule has 4 heteroatoms. The maximum atomic E-state index is 11.9. The Morgan fingerprint density at radius 1 is 1.00 bits per heavy atom. The minimum atomic E-state index is -0.0884. The third-order valence-electron chi connectivity index (χ3n) is 3.77. The van der Waals surface area contributed by atoms with Crippen molar-refractivity contribution in [3.63, 3.8) is 0 Å². The molecule has 0 spiro atoms.